The minimum Gasteiger partial charge on any atom is -0.306 e. The normalized spacial score (nSPS) is 10.6. The summed E-state index contributed by atoms with van der Waals surface area (Å²) in [5.74, 6) is 1.42. The molecule has 0 aliphatic rings. The molecule has 0 fully saturated rings. The van der Waals surface area contributed by atoms with Crippen LogP contribution >= 0.6 is 11.6 Å². The fraction of sp³-hybridized carbons (Fsp3) is 0.0667. The first-order valence-electron chi connectivity index (χ1n) is 11.7. The summed E-state index contributed by atoms with van der Waals surface area (Å²) in [6, 6.07) is 21.7. The Morgan fingerprint density at radius 1 is 1.10 bits per heavy atom. The second-order valence-electron chi connectivity index (χ2n) is 8.42. The van der Waals surface area contributed by atoms with Gasteiger partial charge in [0.2, 0.25) is 6.41 Å². The molecule has 0 atom stereocenters. The van der Waals surface area contributed by atoms with Gasteiger partial charge in [-0.3, -0.25) is 19.5 Å². The van der Waals surface area contributed by atoms with Gasteiger partial charge in [0.25, 0.3) is 5.91 Å². The predicted molar refractivity (Wildman–Crippen MR) is 152 cm³/mol. The van der Waals surface area contributed by atoms with Crippen LogP contribution in [0.3, 0.4) is 0 Å². The lowest BCUT2D eigenvalue weighted by Crippen LogP contribution is -2.22. The Labute approximate surface area is 230 Å². The number of nitrogens with one attached hydrogen (secondary N) is 1. The summed E-state index contributed by atoms with van der Waals surface area (Å²) in [4.78, 5) is 30.4. The standard InChI is InChI=1S/C30H23ClFN5O2/c1-3-21-10-14-29(33-17-21)35-30(39)25-16-24(31)11-13-27(25)37(20-38)28-12-9-23(15-26(28)32)18-34-36(2)19-22-7-5-4-6-8-22/h1,4-18,20H,19H2,2H3,(H,33,35,39). The van der Waals surface area contributed by atoms with Gasteiger partial charge in [-0.15, -0.1) is 6.42 Å². The first kappa shape index (κ1) is 27.0. The number of carbonyl (C=O) groups excluding carboxylic acids is 2. The van der Waals surface area contributed by atoms with Gasteiger partial charge in [-0.1, -0.05) is 53.9 Å². The number of halogens is 2. The highest BCUT2D eigenvalue weighted by Gasteiger charge is 2.21. The van der Waals surface area contributed by atoms with Crippen molar-refractivity contribution in [1.29, 1.82) is 0 Å². The number of nitrogens with zero attached hydrogens (tertiary/aromatic N) is 4. The van der Waals surface area contributed by atoms with Gasteiger partial charge < -0.3 is 5.32 Å². The van der Waals surface area contributed by atoms with E-state index in [0.29, 0.717) is 24.1 Å². The molecule has 0 saturated heterocycles. The van der Waals surface area contributed by atoms with E-state index in [4.69, 9.17) is 18.0 Å². The quantitative estimate of drug-likeness (QED) is 0.125. The zero-order chi connectivity index (χ0) is 27.8. The molecule has 3 aromatic carbocycles. The smallest absolute Gasteiger partial charge is 0.259 e. The summed E-state index contributed by atoms with van der Waals surface area (Å²) >= 11 is 6.14. The van der Waals surface area contributed by atoms with Crippen LogP contribution in [-0.2, 0) is 11.3 Å². The molecule has 0 radical (unpaired) electrons. The summed E-state index contributed by atoms with van der Waals surface area (Å²) in [5, 5.41) is 8.99. The minimum atomic E-state index is -0.676. The number of carbonyl (C=O) groups is 2. The monoisotopic (exact) mass is 539 g/mol. The highest BCUT2D eigenvalue weighted by atomic mass is 35.5. The number of pyridine rings is 1. The number of benzene rings is 3. The van der Waals surface area contributed by atoms with Crippen LogP contribution in [-0.4, -0.2) is 35.6 Å². The van der Waals surface area contributed by atoms with Gasteiger partial charge >= 0.3 is 0 Å². The summed E-state index contributed by atoms with van der Waals surface area (Å²) in [6.45, 7) is 0.585. The molecule has 39 heavy (non-hydrogen) atoms. The van der Waals surface area contributed by atoms with Crippen molar-refractivity contribution in [3.63, 3.8) is 0 Å². The maximum absolute atomic E-state index is 15.2. The van der Waals surface area contributed by atoms with E-state index in [1.807, 2.05) is 37.4 Å². The van der Waals surface area contributed by atoms with Crippen LogP contribution in [0.2, 0.25) is 5.02 Å². The zero-order valence-electron chi connectivity index (χ0n) is 20.9. The molecule has 0 saturated carbocycles. The molecule has 7 nitrogen and oxygen atoms in total. The molecule has 0 aliphatic carbocycles. The number of amides is 2. The third-order valence-corrected chi connectivity index (χ3v) is 5.86. The molecule has 2 amide bonds. The first-order valence-corrected chi connectivity index (χ1v) is 12.1. The van der Waals surface area contributed by atoms with Crippen LogP contribution in [0.4, 0.5) is 21.6 Å². The van der Waals surface area contributed by atoms with E-state index in [1.54, 1.807) is 23.2 Å². The van der Waals surface area contributed by atoms with Crippen LogP contribution in [0.15, 0.2) is 90.2 Å². The van der Waals surface area contributed by atoms with E-state index in [0.717, 1.165) is 10.5 Å². The van der Waals surface area contributed by atoms with Crippen molar-refractivity contribution in [1.82, 2.24) is 9.99 Å². The summed E-state index contributed by atoms with van der Waals surface area (Å²) < 4.78 is 15.2. The second kappa shape index (κ2) is 12.5. The molecule has 194 valence electrons. The summed E-state index contributed by atoms with van der Waals surface area (Å²) in [5.41, 5.74) is 2.27. The van der Waals surface area contributed by atoms with Crippen LogP contribution in [0.1, 0.15) is 27.0 Å². The Kier molecular flexibility index (Phi) is 8.67. The maximum Gasteiger partial charge on any atom is 0.259 e. The van der Waals surface area contributed by atoms with E-state index in [2.05, 4.69) is 21.3 Å². The number of terminal acetylenes is 1. The third kappa shape index (κ3) is 6.86. The van der Waals surface area contributed by atoms with Gasteiger partial charge in [-0.25, -0.2) is 9.37 Å². The van der Waals surface area contributed by atoms with Crippen LogP contribution in [0.25, 0.3) is 0 Å². The van der Waals surface area contributed by atoms with Gasteiger partial charge in [0, 0.05) is 23.8 Å². The Hall–Kier alpha value is -5.00. The highest BCUT2D eigenvalue weighted by Crippen LogP contribution is 2.32. The molecule has 9 heteroatoms. The number of hydrazone groups is 1. The van der Waals surface area contributed by atoms with Gasteiger partial charge in [0.1, 0.15) is 11.6 Å². The average Bonchev–Trinajstić information content (AvgIpc) is 2.95. The van der Waals surface area contributed by atoms with Crippen molar-refractivity contribution in [3.8, 4) is 12.3 Å². The highest BCUT2D eigenvalue weighted by molar-refractivity contribution is 6.31. The molecule has 0 aliphatic heterocycles. The molecule has 0 unspecified atom stereocenters. The Bertz CT molecular complexity index is 1550. The van der Waals surface area contributed by atoms with Gasteiger partial charge in [-0.2, -0.15) is 5.10 Å². The maximum atomic E-state index is 15.2. The number of hydrogen-bond acceptors (Lipinski definition) is 5. The van der Waals surface area contributed by atoms with Crippen LogP contribution in [0, 0.1) is 18.2 Å². The van der Waals surface area contributed by atoms with E-state index in [1.165, 1.54) is 42.7 Å². The molecule has 1 heterocycles. The molecule has 0 bridgehead atoms. The van der Waals surface area contributed by atoms with Crippen molar-refractivity contribution < 1.29 is 14.0 Å². The Balaban J connectivity index is 1.56. The first-order chi connectivity index (χ1) is 18.9. The summed E-state index contributed by atoms with van der Waals surface area (Å²) in [7, 11) is 1.81. The number of aromatic nitrogens is 1. The lowest BCUT2D eigenvalue weighted by Gasteiger charge is -2.21. The summed E-state index contributed by atoms with van der Waals surface area (Å²) in [6.07, 6.45) is 8.74. The molecule has 1 aromatic heterocycles. The lowest BCUT2D eigenvalue weighted by atomic mass is 10.1. The van der Waals surface area contributed by atoms with E-state index >= 15 is 4.39 Å². The third-order valence-electron chi connectivity index (χ3n) is 5.63. The van der Waals surface area contributed by atoms with E-state index in [-0.39, 0.29) is 27.8 Å². The molecule has 0 spiro atoms. The van der Waals surface area contributed by atoms with Crippen LogP contribution < -0.4 is 10.2 Å². The number of hydrogen-bond donors (Lipinski definition) is 1. The lowest BCUT2D eigenvalue weighted by molar-refractivity contribution is -0.106. The van der Waals surface area contributed by atoms with E-state index < -0.39 is 11.7 Å². The average molecular weight is 540 g/mol. The van der Waals surface area contributed by atoms with Crippen molar-refractivity contribution in [2.45, 2.75) is 6.54 Å². The predicted octanol–water partition coefficient (Wildman–Crippen LogP) is 5.87. The van der Waals surface area contributed by atoms with E-state index in [9.17, 15) is 9.59 Å². The van der Waals surface area contributed by atoms with Gasteiger partial charge in [0.15, 0.2) is 0 Å². The molecular formula is C30H23ClFN5O2. The fourth-order valence-electron chi connectivity index (χ4n) is 3.73. The SMILES string of the molecule is C#Cc1ccc(NC(=O)c2cc(Cl)ccc2N(C=O)c2ccc(C=NN(C)Cc3ccccc3)cc2F)nc1. The Morgan fingerprint density at radius 2 is 1.87 bits per heavy atom. The topological polar surface area (TPSA) is 77.9 Å². The molecule has 4 aromatic rings. The minimum absolute atomic E-state index is 0.0463. The van der Waals surface area contributed by atoms with Crippen molar-refractivity contribution in [2.24, 2.45) is 5.10 Å². The molecule has 4 rings (SSSR count). The number of anilines is 3. The van der Waals surface area contributed by atoms with Gasteiger partial charge in [0.05, 0.1) is 29.7 Å². The van der Waals surface area contributed by atoms with Crippen molar-refractivity contribution >= 4 is 47.3 Å². The van der Waals surface area contributed by atoms with Crippen molar-refractivity contribution in [2.75, 3.05) is 17.3 Å². The van der Waals surface area contributed by atoms with Crippen LogP contribution in [0.5, 0.6) is 0 Å². The fourth-order valence-corrected chi connectivity index (χ4v) is 3.90. The van der Waals surface area contributed by atoms with Crippen molar-refractivity contribution in [3.05, 3.63) is 118 Å². The molecular weight excluding hydrogens is 517 g/mol. The van der Waals surface area contributed by atoms with Gasteiger partial charge in [-0.05, 0) is 53.6 Å². The molecule has 1 N–H and O–H groups in total. The second-order valence-corrected chi connectivity index (χ2v) is 8.86. The Morgan fingerprint density at radius 3 is 2.54 bits per heavy atom. The zero-order valence-corrected chi connectivity index (χ0v) is 21.6. The largest absolute Gasteiger partial charge is 0.306 e. The number of rotatable bonds is 9.